The van der Waals surface area contributed by atoms with Crippen LogP contribution in [0.25, 0.3) is 0 Å². The van der Waals surface area contributed by atoms with Crippen molar-refractivity contribution >= 4 is 11.8 Å². The van der Waals surface area contributed by atoms with Gasteiger partial charge in [-0.25, -0.2) is 4.79 Å². The molecular formula is C19H30O5. The molecule has 5 heteroatoms. The zero-order valence-electron chi connectivity index (χ0n) is 15.2. The zero-order valence-corrected chi connectivity index (χ0v) is 15.2. The number of fused-ring (bicyclic) bond motifs is 1. The number of ether oxygens (including phenoxy) is 3. The third-order valence-corrected chi connectivity index (χ3v) is 5.04. The Bertz CT molecular complexity index is 498. The number of carbonyl (C=O) groups is 2. The van der Waals surface area contributed by atoms with E-state index in [-0.39, 0.29) is 5.78 Å². The zero-order chi connectivity index (χ0) is 17.6. The molecule has 2 aliphatic rings. The van der Waals surface area contributed by atoms with Crippen LogP contribution in [0.2, 0.25) is 0 Å². The molecule has 136 valence electrons. The van der Waals surface area contributed by atoms with Crippen molar-refractivity contribution in [2.45, 2.75) is 77.9 Å². The van der Waals surface area contributed by atoms with E-state index < -0.39 is 17.2 Å². The van der Waals surface area contributed by atoms with Crippen LogP contribution in [0.5, 0.6) is 0 Å². The van der Waals surface area contributed by atoms with Gasteiger partial charge >= 0.3 is 5.97 Å². The Morgan fingerprint density at radius 2 is 1.96 bits per heavy atom. The van der Waals surface area contributed by atoms with Crippen LogP contribution in [-0.2, 0) is 23.8 Å². The van der Waals surface area contributed by atoms with Gasteiger partial charge in [-0.3, -0.25) is 4.79 Å². The normalized spacial score (nSPS) is 31.0. The highest BCUT2D eigenvalue weighted by molar-refractivity contribution is 5.88. The first-order valence-corrected chi connectivity index (χ1v) is 9.21. The standard InChI is InChI=1S/C19H30O5/c1-4-6-11-22-17(21)13-15-14-18(3)16(20)9-8-10-19(18,24-15)23-12-7-5-2/h13H,4-12,14H2,1-3H3/b15-13-/t18-,19+/m0/s1. The second kappa shape index (κ2) is 8.15. The molecule has 0 aromatic carbocycles. The van der Waals surface area contributed by atoms with Gasteiger partial charge in [-0.05, 0) is 26.2 Å². The first-order valence-electron chi connectivity index (χ1n) is 9.21. The lowest BCUT2D eigenvalue weighted by molar-refractivity contribution is -0.253. The maximum absolute atomic E-state index is 12.6. The van der Waals surface area contributed by atoms with E-state index >= 15 is 0 Å². The fourth-order valence-corrected chi connectivity index (χ4v) is 3.45. The summed E-state index contributed by atoms with van der Waals surface area (Å²) < 4.78 is 17.3. The van der Waals surface area contributed by atoms with Gasteiger partial charge < -0.3 is 14.2 Å². The van der Waals surface area contributed by atoms with E-state index in [0.29, 0.717) is 38.2 Å². The van der Waals surface area contributed by atoms with Crippen molar-refractivity contribution in [2.75, 3.05) is 13.2 Å². The van der Waals surface area contributed by atoms with Crippen LogP contribution in [0.1, 0.15) is 72.1 Å². The Morgan fingerprint density at radius 1 is 1.25 bits per heavy atom. The quantitative estimate of drug-likeness (QED) is 0.381. The van der Waals surface area contributed by atoms with Gasteiger partial charge in [0.15, 0.2) is 0 Å². The fourth-order valence-electron chi connectivity index (χ4n) is 3.45. The number of hydrogen-bond acceptors (Lipinski definition) is 5. The van der Waals surface area contributed by atoms with Crippen molar-refractivity contribution in [2.24, 2.45) is 5.41 Å². The van der Waals surface area contributed by atoms with Crippen LogP contribution < -0.4 is 0 Å². The minimum absolute atomic E-state index is 0.160. The Labute approximate surface area is 144 Å². The topological polar surface area (TPSA) is 61.8 Å². The summed E-state index contributed by atoms with van der Waals surface area (Å²) in [7, 11) is 0. The number of Topliss-reactive ketones (excluding diaryl/α,β-unsaturated/α-hetero) is 1. The lowest BCUT2D eigenvalue weighted by Gasteiger charge is -2.43. The van der Waals surface area contributed by atoms with Crippen molar-refractivity contribution in [3.63, 3.8) is 0 Å². The predicted octanol–water partition coefficient (Wildman–Crippen LogP) is 3.91. The second-order valence-corrected chi connectivity index (χ2v) is 6.97. The maximum atomic E-state index is 12.6. The number of ketones is 1. The Morgan fingerprint density at radius 3 is 2.67 bits per heavy atom. The van der Waals surface area contributed by atoms with Crippen molar-refractivity contribution in [3.05, 3.63) is 11.8 Å². The smallest absolute Gasteiger partial charge is 0.334 e. The molecule has 0 N–H and O–H groups in total. The number of esters is 1. The molecule has 0 radical (unpaired) electrons. The van der Waals surface area contributed by atoms with Gasteiger partial charge in [0, 0.05) is 19.3 Å². The molecule has 1 heterocycles. The SMILES string of the molecule is CCCCOC(=O)/C=C1/C[C@@]2(C)C(=O)CCC[C@@]2(OCCCC)O1. The number of rotatable bonds is 8. The van der Waals surface area contributed by atoms with Gasteiger partial charge in [0.05, 0.1) is 24.7 Å². The molecule has 1 saturated heterocycles. The second-order valence-electron chi connectivity index (χ2n) is 6.97. The first kappa shape index (κ1) is 19.0. The Hall–Kier alpha value is -1.36. The van der Waals surface area contributed by atoms with Crippen LogP contribution in [0.3, 0.4) is 0 Å². The molecule has 0 spiro atoms. The molecular weight excluding hydrogens is 308 g/mol. The molecule has 2 fully saturated rings. The highest BCUT2D eigenvalue weighted by Gasteiger charge is 2.62. The van der Waals surface area contributed by atoms with Gasteiger partial charge in [0.2, 0.25) is 5.79 Å². The number of allylic oxidation sites excluding steroid dienone is 1. The molecule has 2 rings (SSSR count). The minimum atomic E-state index is -0.924. The molecule has 1 aliphatic heterocycles. The predicted molar refractivity (Wildman–Crippen MR) is 90.2 cm³/mol. The van der Waals surface area contributed by atoms with E-state index in [2.05, 4.69) is 6.92 Å². The molecule has 2 atom stereocenters. The lowest BCUT2D eigenvalue weighted by atomic mass is 9.69. The first-order chi connectivity index (χ1) is 11.5. The van der Waals surface area contributed by atoms with E-state index in [0.717, 1.165) is 32.1 Å². The molecule has 0 amide bonds. The lowest BCUT2D eigenvalue weighted by Crippen LogP contribution is -2.53. The Kier molecular flexibility index (Phi) is 6.44. The van der Waals surface area contributed by atoms with E-state index in [1.54, 1.807) is 0 Å². The van der Waals surface area contributed by atoms with Gasteiger partial charge in [-0.1, -0.05) is 26.7 Å². The highest BCUT2D eigenvalue weighted by Crippen LogP contribution is 2.55. The number of unbranched alkanes of at least 4 members (excludes halogenated alkanes) is 2. The summed E-state index contributed by atoms with van der Waals surface area (Å²) in [5.74, 6) is -0.664. The summed E-state index contributed by atoms with van der Waals surface area (Å²) in [6.07, 6.45) is 7.54. The van der Waals surface area contributed by atoms with E-state index in [1.807, 2.05) is 13.8 Å². The van der Waals surface area contributed by atoms with E-state index in [9.17, 15) is 9.59 Å². The Balaban J connectivity index is 2.12. The number of carbonyl (C=O) groups excluding carboxylic acids is 2. The average Bonchev–Trinajstić information content (AvgIpc) is 2.82. The minimum Gasteiger partial charge on any atom is -0.465 e. The van der Waals surface area contributed by atoms with Crippen molar-refractivity contribution in [1.29, 1.82) is 0 Å². The van der Waals surface area contributed by atoms with Crippen LogP contribution in [0, 0.1) is 5.41 Å². The van der Waals surface area contributed by atoms with Crippen LogP contribution in [0.4, 0.5) is 0 Å². The molecule has 5 nitrogen and oxygen atoms in total. The molecule has 0 aromatic heterocycles. The molecule has 1 saturated carbocycles. The summed E-state index contributed by atoms with van der Waals surface area (Å²) in [6.45, 7) is 7.02. The van der Waals surface area contributed by atoms with E-state index in [1.165, 1.54) is 6.08 Å². The molecule has 0 aromatic rings. The number of hydrogen-bond donors (Lipinski definition) is 0. The van der Waals surface area contributed by atoms with Crippen LogP contribution in [0.15, 0.2) is 11.8 Å². The van der Waals surface area contributed by atoms with Crippen molar-refractivity contribution in [3.8, 4) is 0 Å². The third-order valence-electron chi connectivity index (χ3n) is 5.04. The summed E-state index contributed by atoms with van der Waals surface area (Å²) in [6, 6.07) is 0. The highest BCUT2D eigenvalue weighted by atomic mass is 16.7. The molecule has 0 bridgehead atoms. The average molecular weight is 338 g/mol. The molecule has 24 heavy (non-hydrogen) atoms. The maximum Gasteiger partial charge on any atom is 0.334 e. The van der Waals surface area contributed by atoms with E-state index in [4.69, 9.17) is 14.2 Å². The van der Waals surface area contributed by atoms with Gasteiger partial charge in [0.1, 0.15) is 11.5 Å². The van der Waals surface area contributed by atoms with Crippen LogP contribution in [-0.4, -0.2) is 30.8 Å². The van der Waals surface area contributed by atoms with Gasteiger partial charge in [0.25, 0.3) is 0 Å². The fraction of sp³-hybridized carbons (Fsp3) is 0.789. The summed E-state index contributed by atoms with van der Waals surface area (Å²) >= 11 is 0. The van der Waals surface area contributed by atoms with Crippen molar-refractivity contribution in [1.82, 2.24) is 0 Å². The third kappa shape index (κ3) is 3.82. The molecule has 1 aliphatic carbocycles. The summed E-state index contributed by atoms with van der Waals surface area (Å²) in [5.41, 5.74) is -0.714. The monoisotopic (exact) mass is 338 g/mol. The molecule has 0 unspecified atom stereocenters. The van der Waals surface area contributed by atoms with Crippen LogP contribution >= 0.6 is 0 Å². The largest absolute Gasteiger partial charge is 0.465 e. The van der Waals surface area contributed by atoms with Gasteiger partial charge in [-0.15, -0.1) is 0 Å². The summed E-state index contributed by atoms with van der Waals surface area (Å²) in [5, 5.41) is 0. The van der Waals surface area contributed by atoms with Gasteiger partial charge in [-0.2, -0.15) is 0 Å². The van der Waals surface area contributed by atoms with Crippen molar-refractivity contribution < 1.29 is 23.8 Å². The summed E-state index contributed by atoms with van der Waals surface area (Å²) in [4.78, 5) is 24.5.